The molecule has 2 amide bonds. The summed E-state index contributed by atoms with van der Waals surface area (Å²) in [5.41, 5.74) is 0.665. The van der Waals surface area contributed by atoms with Crippen LogP contribution < -0.4 is 9.64 Å². The summed E-state index contributed by atoms with van der Waals surface area (Å²) in [6, 6.07) is 7.19. The van der Waals surface area contributed by atoms with Crippen molar-refractivity contribution < 1.29 is 14.3 Å². The maximum Gasteiger partial charge on any atom is 0.237 e. The number of nitrogens with zero attached hydrogens (tertiary/aromatic N) is 1. The van der Waals surface area contributed by atoms with Crippen molar-refractivity contribution in [1.29, 1.82) is 0 Å². The lowest BCUT2D eigenvalue weighted by Gasteiger charge is -2.19. The molecule has 0 bridgehead atoms. The van der Waals surface area contributed by atoms with E-state index in [2.05, 4.69) is 0 Å². The maximum atomic E-state index is 12.4. The molecule has 1 saturated carbocycles. The first-order valence-electron chi connectivity index (χ1n) is 7.33. The summed E-state index contributed by atoms with van der Waals surface area (Å²) in [4.78, 5) is 26.2. The summed E-state index contributed by atoms with van der Waals surface area (Å²) in [7, 11) is 0. The molecule has 0 unspecified atom stereocenters. The van der Waals surface area contributed by atoms with Gasteiger partial charge >= 0.3 is 0 Å². The molecule has 2 aliphatic rings. The largest absolute Gasteiger partial charge is 0.494 e. The summed E-state index contributed by atoms with van der Waals surface area (Å²) in [6.07, 6.45) is 3.81. The molecular weight excluding hydrogens is 254 g/mol. The zero-order valence-corrected chi connectivity index (χ0v) is 11.7. The van der Waals surface area contributed by atoms with Crippen LogP contribution >= 0.6 is 0 Å². The van der Waals surface area contributed by atoms with E-state index in [9.17, 15) is 9.59 Å². The van der Waals surface area contributed by atoms with Crippen molar-refractivity contribution in [2.75, 3.05) is 11.5 Å². The fraction of sp³-hybridized carbons (Fsp3) is 0.500. The Morgan fingerprint density at radius 1 is 1.05 bits per heavy atom. The molecule has 2 atom stereocenters. The van der Waals surface area contributed by atoms with Gasteiger partial charge in [-0.3, -0.25) is 14.5 Å². The molecule has 3 rings (SSSR count). The van der Waals surface area contributed by atoms with Crippen LogP contribution in [0.2, 0.25) is 0 Å². The minimum Gasteiger partial charge on any atom is -0.494 e. The number of ether oxygens (including phenoxy) is 1. The molecule has 4 heteroatoms. The first kappa shape index (κ1) is 13.2. The van der Waals surface area contributed by atoms with Gasteiger partial charge in [0.05, 0.1) is 24.1 Å². The van der Waals surface area contributed by atoms with Crippen molar-refractivity contribution in [1.82, 2.24) is 0 Å². The number of benzene rings is 1. The SMILES string of the molecule is CCOc1ccc(N2C(=O)[C@@H]3CCCC[C@H]3C2=O)cc1. The normalized spacial score (nSPS) is 25.8. The van der Waals surface area contributed by atoms with Crippen LogP contribution in [0.1, 0.15) is 32.6 Å². The molecule has 2 fully saturated rings. The van der Waals surface area contributed by atoms with Crippen molar-refractivity contribution in [3.05, 3.63) is 24.3 Å². The molecule has 0 spiro atoms. The van der Waals surface area contributed by atoms with Crippen LogP contribution in [0, 0.1) is 11.8 Å². The van der Waals surface area contributed by atoms with Gasteiger partial charge in [0.25, 0.3) is 0 Å². The fourth-order valence-electron chi connectivity index (χ4n) is 3.27. The van der Waals surface area contributed by atoms with E-state index in [1.54, 1.807) is 24.3 Å². The highest BCUT2D eigenvalue weighted by Gasteiger charge is 2.48. The highest BCUT2D eigenvalue weighted by atomic mass is 16.5. The molecule has 0 N–H and O–H groups in total. The monoisotopic (exact) mass is 273 g/mol. The second-order valence-corrected chi connectivity index (χ2v) is 5.44. The molecule has 4 nitrogen and oxygen atoms in total. The second-order valence-electron chi connectivity index (χ2n) is 5.44. The van der Waals surface area contributed by atoms with Crippen LogP contribution in [0.3, 0.4) is 0 Å². The number of hydrogen-bond acceptors (Lipinski definition) is 3. The molecule has 1 aromatic rings. The first-order valence-corrected chi connectivity index (χ1v) is 7.33. The number of amides is 2. The lowest BCUT2D eigenvalue weighted by atomic mass is 9.81. The van der Waals surface area contributed by atoms with Gasteiger partial charge in [-0.05, 0) is 44.0 Å². The highest BCUT2D eigenvalue weighted by molar-refractivity contribution is 6.22. The Morgan fingerprint density at radius 2 is 1.60 bits per heavy atom. The molecular formula is C16H19NO3. The van der Waals surface area contributed by atoms with Crippen molar-refractivity contribution in [2.24, 2.45) is 11.8 Å². The van der Waals surface area contributed by atoms with Gasteiger partial charge in [0, 0.05) is 0 Å². The van der Waals surface area contributed by atoms with Crippen molar-refractivity contribution in [3.8, 4) is 5.75 Å². The number of hydrogen-bond donors (Lipinski definition) is 0. The third-order valence-electron chi connectivity index (χ3n) is 4.25. The van der Waals surface area contributed by atoms with Gasteiger partial charge in [-0.25, -0.2) is 0 Å². The first-order chi connectivity index (χ1) is 9.72. The predicted molar refractivity (Wildman–Crippen MR) is 75.6 cm³/mol. The van der Waals surface area contributed by atoms with E-state index in [1.807, 2.05) is 6.92 Å². The van der Waals surface area contributed by atoms with Crippen LogP contribution in [-0.4, -0.2) is 18.4 Å². The fourth-order valence-corrected chi connectivity index (χ4v) is 3.27. The summed E-state index contributed by atoms with van der Waals surface area (Å²) in [5, 5.41) is 0. The smallest absolute Gasteiger partial charge is 0.237 e. The van der Waals surface area contributed by atoms with Crippen LogP contribution in [0.25, 0.3) is 0 Å². The number of carbonyl (C=O) groups is 2. The topological polar surface area (TPSA) is 46.6 Å². The molecule has 1 aromatic carbocycles. The molecule has 1 saturated heterocycles. The van der Waals surface area contributed by atoms with Crippen molar-refractivity contribution in [2.45, 2.75) is 32.6 Å². The van der Waals surface area contributed by atoms with Gasteiger partial charge in [-0.1, -0.05) is 12.8 Å². The predicted octanol–water partition coefficient (Wildman–Crippen LogP) is 2.76. The Bertz CT molecular complexity index is 499. The van der Waals surface area contributed by atoms with Crippen LogP contribution in [0.15, 0.2) is 24.3 Å². The number of anilines is 1. The van der Waals surface area contributed by atoms with Crippen LogP contribution in [0.5, 0.6) is 5.75 Å². The van der Waals surface area contributed by atoms with Gasteiger partial charge in [0.1, 0.15) is 5.75 Å². The summed E-state index contributed by atoms with van der Waals surface area (Å²) in [6.45, 7) is 2.52. The van der Waals surface area contributed by atoms with E-state index in [0.29, 0.717) is 12.3 Å². The Hall–Kier alpha value is -1.84. The zero-order valence-electron chi connectivity index (χ0n) is 11.7. The third kappa shape index (κ3) is 2.09. The van der Waals surface area contributed by atoms with E-state index >= 15 is 0 Å². The summed E-state index contributed by atoms with van der Waals surface area (Å²) < 4.78 is 5.38. The maximum absolute atomic E-state index is 12.4. The lowest BCUT2D eigenvalue weighted by Crippen LogP contribution is -2.30. The standard InChI is InChI=1S/C16H19NO3/c1-2-20-12-9-7-11(8-10-12)17-15(18)13-5-3-4-6-14(13)16(17)19/h7-10,13-14H,2-6H2,1H3/t13-,14-/m1/s1. The Labute approximate surface area is 118 Å². The third-order valence-corrected chi connectivity index (χ3v) is 4.25. The van der Waals surface area contributed by atoms with Gasteiger partial charge in [-0.2, -0.15) is 0 Å². The molecule has 106 valence electrons. The van der Waals surface area contributed by atoms with Gasteiger partial charge < -0.3 is 4.74 Å². The van der Waals surface area contributed by atoms with E-state index in [0.717, 1.165) is 31.4 Å². The molecule has 1 aliphatic heterocycles. The van der Waals surface area contributed by atoms with E-state index in [1.165, 1.54) is 4.90 Å². The Morgan fingerprint density at radius 3 is 2.10 bits per heavy atom. The quantitative estimate of drug-likeness (QED) is 0.796. The van der Waals surface area contributed by atoms with Crippen molar-refractivity contribution >= 4 is 17.5 Å². The Kier molecular flexibility index (Phi) is 3.47. The van der Waals surface area contributed by atoms with Crippen LogP contribution in [-0.2, 0) is 9.59 Å². The molecule has 0 aromatic heterocycles. The number of fused-ring (bicyclic) bond motifs is 1. The zero-order chi connectivity index (χ0) is 14.1. The molecule has 0 radical (unpaired) electrons. The van der Waals surface area contributed by atoms with E-state index in [4.69, 9.17) is 4.74 Å². The number of imide groups is 1. The molecule has 20 heavy (non-hydrogen) atoms. The summed E-state index contributed by atoms with van der Waals surface area (Å²) in [5.74, 6) is 0.520. The average Bonchev–Trinajstić information content (AvgIpc) is 2.73. The molecule has 1 aliphatic carbocycles. The number of rotatable bonds is 3. The minimum absolute atomic E-state index is 0.0242. The molecule has 1 heterocycles. The van der Waals surface area contributed by atoms with Gasteiger partial charge in [0.2, 0.25) is 11.8 Å². The average molecular weight is 273 g/mol. The van der Waals surface area contributed by atoms with E-state index in [-0.39, 0.29) is 23.7 Å². The van der Waals surface area contributed by atoms with Crippen molar-refractivity contribution in [3.63, 3.8) is 0 Å². The van der Waals surface area contributed by atoms with E-state index < -0.39 is 0 Å². The lowest BCUT2D eigenvalue weighted by molar-refractivity contribution is -0.122. The number of carbonyl (C=O) groups excluding carboxylic acids is 2. The van der Waals surface area contributed by atoms with Gasteiger partial charge in [0.15, 0.2) is 0 Å². The van der Waals surface area contributed by atoms with Gasteiger partial charge in [-0.15, -0.1) is 0 Å². The summed E-state index contributed by atoms with van der Waals surface area (Å²) >= 11 is 0. The van der Waals surface area contributed by atoms with Crippen LogP contribution in [0.4, 0.5) is 5.69 Å². The minimum atomic E-state index is -0.0946. The second kappa shape index (κ2) is 5.27. The highest BCUT2D eigenvalue weighted by Crippen LogP contribution is 2.40. The Balaban J connectivity index is 1.85.